The maximum atomic E-state index is 2.79. The summed E-state index contributed by atoms with van der Waals surface area (Å²) in [7, 11) is 2.28. The van der Waals surface area contributed by atoms with Crippen LogP contribution in [0.15, 0.2) is 0 Å². The second-order valence-electron chi connectivity index (χ2n) is 8.63. The first-order valence-corrected chi connectivity index (χ1v) is 10.4. The van der Waals surface area contributed by atoms with Crippen LogP contribution in [0, 0.1) is 17.8 Å². The summed E-state index contributed by atoms with van der Waals surface area (Å²) in [6.45, 7) is 13.0. The van der Waals surface area contributed by atoms with Gasteiger partial charge in [-0.2, -0.15) is 0 Å². The summed E-state index contributed by atoms with van der Waals surface area (Å²) >= 11 is 0. The Morgan fingerprint density at radius 1 is 0.739 bits per heavy atom. The van der Waals surface area contributed by atoms with Gasteiger partial charge in [-0.15, -0.1) is 0 Å². The topological polar surface area (TPSA) is 9.72 Å². The maximum absolute atomic E-state index is 2.79. The fourth-order valence-electron chi connectivity index (χ4n) is 5.13. The minimum absolute atomic E-state index is 0.939. The third-order valence-electron chi connectivity index (χ3n) is 6.78. The van der Waals surface area contributed by atoms with E-state index in [1.54, 1.807) is 0 Å². The van der Waals surface area contributed by atoms with E-state index in [1.165, 1.54) is 97.3 Å². The second-order valence-corrected chi connectivity index (χ2v) is 8.63. The van der Waals surface area contributed by atoms with Crippen molar-refractivity contribution in [2.45, 2.75) is 51.9 Å². The lowest BCUT2D eigenvalue weighted by Gasteiger charge is -2.39. The van der Waals surface area contributed by atoms with E-state index in [-0.39, 0.29) is 0 Å². The fourth-order valence-corrected chi connectivity index (χ4v) is 5.13. The molecule has 3 heterocycles. The number of nitrogens with zero attached hydrogens (tertiary/aromatic N) is 3. The minimum atomic E-state index is 0.939. The highest BCUT2D eigenvalue weighted by Crippen LogP contribution is 2.30. The first-order valence-electron chi connectivity index (χ1n) is 10.4. The van der Waals surface area contributed by atoms with E-state index in [9.17, 15) is 0 Å². The summed E-state index contributed by atoms with van der Waals surface area (Å²) in [5.41, 5.74) is 0. The highest BCUT2D eigenvalue weighted by Gasteiger charge is 2.27. The molecule has 0 saturated carbocycles. The van der Waals surface area contributed by atoms with Crippen LogP contribution < -0.4 is 0 Å². The van der Waals surface area contributed by atoms with Crippen molar-refractivity contribution in [1.82, 2.24) is 14.7 Å². The Balaban J connectivity index is 1.34. The fraction of sp³-hybridized carbons (Fsp3) is 1.00. The van der Waals surface area contributed by atoms with Gasteiger partial charge in [0.1, 0.15) is 0 Å². The number of hydrogen-bond acceptors (Lipinski definition) is 3. The molecule has 0 amide bonds. The normalized spacial score (nSPS) is 30.8. The maximum Gasteiger partial charge on any atom is 0.00219 e. The molecule has 0 radical (unpaired) electrons. The number of piperidine rings is 3. The van der Waals surface area contributed by atoms with Crippen molar-refractivity contribution >= 4 is 0 Å². The lowest BCUT2D eigenvalue weighted by molar-refractivity contribution is 0.101. The van der Waals surface area contributed by atoms with Crippen LogP contribution in [0.25, 0.3) is 0 Å². The van der Waals surface area contributed by atoms with Gasteiger partial charge < -0.3 is 14.7 Å². The van der Waals surface area contributed by atoms with Crippen molar-refractivity contribution in [3.05, 3.63) is 0 Å². The van der Waals surface area contributed by atoms with E-state index in [2.05, 4.69) is 28.7 Å². The van der Waals surface area contributed by atoms with Crippen LogP contribution >= 0.6 is 0 Å². The lowest BCUT2D eigenvalue weighted by atomic mass is 9.82. The molecular weight excluding hydrogens is 282 g/mol. The van der Waals surface area contributed by atoms with Crippen LogP contribution in [-0.4, -0.2) is 74.1 Å². The quantitative estimate of drug-likeness (QED) is 0.770. The molecule has 0 aliphatic carbocycles. The highest BCUT2D eigenvalue weighted by molar-refractivity contribution is 4.81. The van der Waals surface area contributed by atoms with Gasteiger partial charge >= 0.3 is 0 Å². The van der Waals surface area contributed by atoms with Crippen LogP contribution in [-0.2, 0) is 0 Å². The molecular formula is C20H39N3. The Kier molecular flexibility index (Phi) is 6.79. The van der Waals surface area contributed by atoms with Gasteiger partial charge in [-0.25, -0.2) is 0 Å². The third kappa shape index (κ3) is 5.44. The molecule has 0 bridgehead atoms. The van der Waals surface area contributed by atoms with Crippen LogP contribution in [0.3, 0.4) is 0 Å². The van der Waals surface area contributed by atoms with Gasteiger partial charge in [0, 0.05) is 13.1 Å². The number of hydrogen-bond donors (Lipinski definition) is 0. The third-order valence-corrected chi connectivity index (χ3v) is 6.78. The summed E-state index contributed by atoms with van der Waals surface area (Å²) in [6, 6.07) is 0. The zero-order valence-corrected chi connectivity index (χ0v) is 15.7. The Hall–Kier alpha value is -0.120. The Morgan fingerprint density at radius 2 is 1.39 bits per heavy atom. The summed E-state index contributed by atoms with van der Waals surface area (Å²) in [4.78, 5) is 7.94. The SMILES string of the molecule is CCN1CCC[C@H](CN2CCC(CC3CCN(C)CC3)CC2)C1. The number of rotatable bonds is 5. The van der Waals surface area contributed by atoms with Gasteiger partial charge in [-0.05, 0) is 109 Å². The van der Waals surface area contributed by atoms with Gasteiger partial charge in [0.2, 0.25) is 0 Å². The minimum Gasteiger partial charge on any atom is -0.306 e. The molecule has 23 heavy (non-hydrogen) atoms. The van der Waals surface area contributed by atoms with Crippen molar-refractivity contribution in [2.24, 2.45) is 17.8 Å². The molecule has 0 aromatic rings. The van der Waals surface area contributed by atoms with E-state index < -0.39 is 0 Å². The van der Waals surface area contributed by atoms with Crippen molar-refractivity contribution in [3.8, 4) is 0 Å². The smallest absolute Gasteiger partial charge is 0.00219 e. The molecule has 0 aromatic carbocycles. The van der Waals surface area contributed by atoms with Gasteiger partial charge in [0.25, 0.3) is 0 Å². The Labute approximate surface area is 144 Å². The molecule has 3 aliphatic heterocycles. The van der Waals surface area contributed by atoms with E-state index >= 15 is 0 Å². The molecule has 3 heteroatoms. The molecule has 0 aromatic heterocycles. The van der Waals surface area contributed by atoms with Gasteiger partial charge in [0.05, 0.1) is 0 Å². The molecule has 3 aliphatic rings. The Morgan fingerprint density at radius 3 is 2.04 bits per heavy atom. The first kappa shape index (κ1) is 17.7. The van der Waals surface area contributed by atoms with E-state index in [4.69, 9.17) is 0 Å². The second kappa shape index (κ2) is 8.82. The van der Waals surface area contributed by atoms with Crippen LogP contribution in [0.4, 0.5) is 0 Å². The lowest BCUT2D eigenvalue weighted by Crippen LogP contribution is -2.43. The monoisotopic (exact) mass is 321 g/mol. The summed E-state index contributed by atoms with van der Waals surface area (Å²) < 4.78 is 0. The molecule has 0 unspecified atom stereocenters. The van der Waals surface area contributed by atoms with Gasteiger partial charge in [0.15, 0.2) is 0 Å². The first-order chi connectivity index (χ1) is 11.2. The predicted octanol–water partition coefficient (Wildman–Crippen LogP) is 3.16. The summed E-state index contributed by atoms with van der Waals surface area (Å²) in [6.07, 6.45) is 10.2. The summed E-state index contributed by atoms with van der Waals surface area (Å²) in [5, 5.41) is 0. The molecule has 3 rings (SSSR count). The predicted molar refractivity (Wildman–Crippen MR) is 98.8 cm³/mol. The standard InChI is InChI=1S/C20H39N3/c1-3-22-10-4-5-20(16-22)17-23-13-8-19(9-14-23)15-18-6-11-21(2)12-7-18/h18-20H,3-17H2,1-2H3/t20-/m0/s1. The largest absolute Gasteiger partial charge is 0.306 e. The van der Waals surface area contributed by atoms with Gasteiger partial charge in [-0.1, -0.05) is 6.92 Å². The van der Waals surface area contributed by atoms with E-state index in [0.29, 0.717) is 0 Å². The van der Waals surface area contributed by atoms with Crippen molar-refractivity contribution < 1.29 is 0 Å². The Bertz CT molecular complexity index is 330. The molecule has 0 N–H and O–H groups in total. The number of likely N-dealkylation sites (tertiary alicyclic amines) is 3. The van der Waals surface area contributed by atoms with Gasteiger partial charge in [-0.3, -0.25) is 0 Å². The molecule has 1 atom stereocenters. The average molecular weight is 322 g/mol. The molecule has 0 spiro atoms. The molecule has 134 valence electrons. The van der Waals surface area contributed by atoms with Crippen molar-refractivity contribution in [1.29, 1.82) is 0 Å². The average Bonchev–Trinajstić information content (AvgIpc) is 2.59. The molecule has 3 saturated heterocycles. The van der Waals surface area contributed by atoms with Crippen molar-refractivity contribution in [2.75, 3.05) is 59.4 Å². The molecule has 3 fully saturated rings. The van der Waals surface area contributed by atoms with Crippen LogP contribution in [0.5, 0.6) is 0 Å². The van der Waals surface area contributed by atoms with E-state index in [1.807, 2.05) is 0 Å². The molecule has 3 nitrogen and oxygen atoms in total. The zero-order valence-electron chi connectivity index (χ0n) is 15.7. The van der Waals surface area contributed by atoms with Crippen LogP contribution in [0.1, 0.15) is 51.9 Å². The van der Waals surface area contributed by atoms with E-state index in [0.717, 1.165) is 17.8 Å². The van der Waals surface area contributed by atoms with Crippen molar-refractivity contribution in [3.63, 3.8) is 0 Å². The summed E-state index contributed by atoms with van der Waals surface area (Å²) in [5.74, 6) is 2.99. The van der Waals surface area contributed by atoms with Crippen LogP contribution in [0.2, 0.25) is 0 Å². The zero-order chi connectivity index (χ0) is 16.1. The highest BCUT2D eigenvalue weighted by atomic mass is 15.2.